The number of aromatic nitrogens is 1. The number of nitrogens with zero attached hydrogens (tertiary/aromatic N) is 1. The third-order valence-corrected chi connectivity index (χ3v) is 1.27. The lowest BCUT2D eigenvalue weighted by Gasteiger charge is -2.07. The molecule has 1 heterocycles. The van der Waals surface area contributed by atoms with E-state index in [0.29, 0.717) is 0 Å². The fraction of sp³-hybridized carbons (Fsp3) is 0.286. The molecule has 3 nitrogen and oxygen atoms in total. The van der Waals surface area contributed by atoms with E-state index >= 15 is 0 Å². The Hall–Kier alpha value is -0.930. The molecular weight excluding hydrogens is 128 g/mol. The summed E-state index contributed by atoms with van der Waals surface area (Å²) in [4.78, 5) is 3.89. The fourth-order valence-electron chi connectivity index (χ4n) is 0.680. The van der Waals surface area contributed by atoms with Crippen LogP contribution >= 0.6 is 0 Å². The molecule has 1 aromatic heterocycles. The maximum atomic E-state index is 5.53. The molecule has 0 fully saturated rings. The normalized spacial score (nSPS) is 13.0. The molecule has 1 unspecified atom stereocenters. The van der Waals surface area contributed by atoms with Gasteiger partial charge in [-0.05, 0) is 6.07 Å². The highest BCUT2D eigenvalue weighted by molar-refractivity contribution is 5.10. The zero-order valence-corrected chi connectivity index (χ0v) is 5.82. The zero-order chi connectivity index (χ0) is 7.40. The molecule has 10 heavy (non-hydrogen) atoms. The molecule has 3 heteroatoms. The quantitative estimate of drug-likeness (QED) is 0.611. The topological polar surface area (TPSA) is 48.1 Å². The summed E-state index contributed by atoms with van der Waals surface area (Å²) < 4.78 is 4.87. The van der Waals surface area contributed by atoms with Crippen molar-refractivity contribution in [3.05, 3.63) is 30.1 Å². The molecule has 0 aliphatic rings. The van der Waals surface area contributed by atoms with Gasteiger partial charge in [-0.3, -0.25) is 4.98 Å². The maximum absolute atomic E-state index is 5.53. The molecule has 0 saturated heterocycles. The molecule has 0 bridgehead atoms. The number of ether oxygens (including phenoxy) is 1. The van der Waals surface area contributed by atoms with Gasteiger partial charge in [-0.15, -0.1) is 0 Å². The van der Waals surface area contributed by atoms with Crippen LogP contribution in [-0.4, -0.2) is 12.1 Å². The number of methoxy groups -OCH3 is 1. The van der Waals surface area contributed by atoms with Crippen molar-refractivity contribution >= 4 is 0 Å². The Morgan fingerprint density at radius 3 is 3.00 bits per heavy atom. The van der Waals surface area contributed by atoms with Crippen LogP contribution in [-0.2, 0) is 4.74 Å². The van der Waals surface area contributed by atoms with Crippen LogP contribution in [0.3, 0.4) is 0 Å². The van der Waals surface area contributed by atoms with E-state index in [-0.39, 0.29) is 6.23 Å². The Kier molecular flexibility index (Phi) is 2.36. The van der Waals surface area contributed by atoms with Crippen molar-refractivity contribution in [2.24, 2.45) is 5.73 Å². The van der Waals surface area contributed by atoms with Crippen molar-refractivity contribution in [2.45, 2.75) is 6.23 Å². The Morgan fingerprint density at radius 1 is 1.70 bits per heavy atom. The summed E-state index contributed by atoms with van der Waals surface area (Å²) >= 11 is 0. The smallest absolute Gasteiger partial charge is 0.132 e. The third kappa shape index (κ3) is 1.52. The van der Waals surface area contributed by atoms with Gasteiger partial charge in [-0.25, -0.2) is 0 Å². The molecular formula is C7H10N2O. The molecule has 0 aromatic carbocycles. The van der Waals surface area contributed by atoms with Crippen molar-refractivity contribution < 1.29 is 4.74 Å². The highest BCUT2D eigenvalue weighted by atomic mass is 16.5. The number of pyridine rings is 1. The van der Waals surface area contributed by atoms with Crippen LogP contribution in [0.1, 0.15) is 11.8 Å². The minimum Gasteiger partial charge on any atom is -0.362 e. The second kappa shape index (κ2) is 3.29. The second-order valence-electron chi connectivity index (χ2n) is 1.94. The van der Waals surface area contributed by atoms with Gasteiger partial charge >= 0.3 is 0 Å². The predicted molar refractivity (Wildman–Crippen MR) is 38.2 cm³/mol. The van der Waals surface area contributed by atoms with Gasteiger partial charge in [-0.1, -0.05) is 6.07 Å². The average Bonchev–Trinajstić information content (AvgIpc) is 2.05. The maximum Gasteiger partial charge on any atom is 0.132 e. The molecule has 54 valence electrons. The third-order valence-electron chi connectivity index (χ3n) is 1.27. The van der Waals surface area contributed by atoms with Gasteiger partial charge in [0, 0.05) is 25.1 Å². The van der Waals surface area contributed by atoms with E-state index in [1.54, 1.807) is 19.5 Å². The fourth-order valence-corrected chi connectivity index (χ4v) is 0.680. The van der Waals surface area contributed by atoms with E-state index < -0.39 is 0 Å². The SMILES string of the molecule is COC(N)c1cccnc1. The molecule has 1 atom stereocenters. The summed E-state index contributed by atoms with van der Waals surface area (Å²) in [5, 5.41) is 0. The van der Waals surface area contributed by atoms with Gasteiger partial charge in [-0.2, -0.15) is 0 Å². The summed E-state index contributed by atoms with van der Waals surface area (Å²) in [7, 11) is 1.57. The lowest BCUT2D eigenvalue weighted by molar-refractivity contribution is 0.109. The molecule has 0 radical (unpaired) electrons. The Balaban J connectivity index is 2.75. The summed E-state index contributed by atoms with van der Waals surface area (Å²) in [6.45, 7) is 0. The molecule has 0 aliphatic carbocycles. The minimum atomic E-state index is -0.353. The van der Waals surface area contributed by atoms with E-state index in [1.807, 2.05) is 12.1 Å². The Bertz CT molecular complexity index is 188. The Morgan fingerprint density at radius 2 is 2.50 bits per heavy atom. The van der Waals surface area contributed by atoms with Crippen molar-refractivity contribution in [1.82, 2.24) is 4.98 Å². The summed E-state index contributed by atoms with van der Waals surface area (Å²) in [5.41, 5.74) is 6.43. The highest BCUT2D eigenvalue weighted by Crippen LogP contribution is 2.06. The van der Waals surface area contributed by atoms with Crippen LogP contribution in [0.15, 0.2) is 24.5 Å². The molecule has 1 rings (SSSR count). The van der Waals surface area contributed by atoms with Crippen LogP contribution in [0, 0.1) is 0 Å². The molecule has 0 aliphatic heterocycles. The molecule has 1 aromatic rings. The van der Waals surface area contributed by atoms with Crippen LogP contribution in [0.2, 0.25) is 0 Å². The van der Waals surface area contributed by atoms with Crippen molar-refractivity contribution in [1.29, 1.82) is 0 Å². The average molecular weight is 138 g/mol. The summed E-state index contributed by atoms with van der Waals surface area (Å²) in [6.07, 6.45) is 3.04. The first kappa shape index (κ1) is 7.18. The Labute approximate surface area is 59.8 Å². The van der Waals surface area contributed by atoms with Gasteiger partial charge in [0.05, 0.1) is 0 Å². The molecule has 0 amide bonds. The van der Waals surface area contributed by atoms with Crippen LogP contribution in [0.4, 0.5) is 0 Å². The van der Waals surface area contributed by atoms with E-state index in [9.17, 15) is 0 Å². The van der Waals surface area contributed by atoms with E-state index in [4.69, 9.17) is 10.5 Å². The van der Waals surface area contributed by atoms with E-state index in [2.05, 4.69) is 4.98 Å². The van der Waals surface area contributed by atoms with Gasteiger partial charge in [0.25, 0.3) is 0 Å². The van der Waals surface area contributed by atoms with Gasteiger partial charge in [0.2, 0.25) is 0 Å². The van der Waals surface area contributed by atoms with E-state index in [0.717, 1.165) is 5.56 Å². The first-order valence-corrected chi connectivity index (χ1v) is 3.03. The van der Waals surface area contributed by atoms with Crippen molar-refractivity contribution in [3.63, 3.8) is 0 Å². The van der Waals surface area contributed by atoms with Crippen LogP contribution in [0.25, 0.3) is 0 Å². The van der Waals surface area contributed by atoms with Gasteiger partial charge in [0.1, 0.15) is 6.23 Å². The van der Waals surface area contributed by atoms with Crippen LogP contribution in [0.5, 0.6) is 0 Å². The van der Waals surface area contributed by atoms with Crippen LogP contribution < -0.4 is 5.73 Å². The van der Waals surface area contributed by atoms with Crippen molar-refractivity contribution in [3.8, 4) is 0 Å². The van der Waals surface area contributed by atoms with Crippen molar-refractivity contribution in [2.75, 3.05) is 7.11 Å². The lowest BCUT2D eigenvalue weighted by Crippen LogP contribution is -2.11. The number of rotatable bonds is 2. The summed E-state index contributed by atoms with van der Waals surface area (Å²) in [5.74, 6) is 0. The lowest BCUT2D eigenvalue weighted by atomic mass is 10.3. The standard InChI is InChI=1S/C7H10N2O/c1-10-7(8)6-3-2-4-9-5-6/h2-5,7H,8H2,1H3. The van der Waals surface area contributed by atoms with E-state index in [1.165, 1.54) is 0 Å². The molecule has 2 N–H and O–H groups in total. The first-order chi connectivity index (χ1) is 4.84. The molecule has 0 spiro atoms. The van der Waals surface area contributed by atoms with Gasteiger partial charge < -0.3 is 10.5 Å². The minimum absolute atomic E-state index is 0.353. The first-order valence-electron chi connectivity index (χ1n) is 3.03. The summed E-state index contributed by atoms with van der Waals surface area (Å²) in [6, 6.07) is 3.70. The largest absolute Gasteiger partial charge is 0.362 e. The highest BCUT2D eigenvalue weighted by Gasteiger charge is 2.00. The number of nitrogens with two attached hydrogens (primary N) is 1. The van der Waals surface area contributed by atoms with Gasteiger partial charge in [0.15, 0.2) is 0 Å². The number of hydrogen-bond acceptors (Lipinski definition) is 3. The second-order valence-corrected chi connectivity index (χ2v) is 1.94. The molecule has 0 saturated carbocycles. The monoisotopic (exact) mass is 138 g/mol. The predicted octanol–water partition coefficient (Wildman–Crippen LogP) is 0.685. The number of hydrogen-bond donors (Lipinski definition) is 1. The zero-order valence-electron chi connectivity index (χ0n) is 5.82.